The summed E-state index contributed by atoms with van der Waals surface area (Å²) in [6, 6.07) is 3.61. The van der Waals surface area contributed by atoms with E-state index in [2.05, 4.69) is 0 Å². The van der Waals surface area contributed by atoms with E-state index in [1.165, 1.54) is 7.11 Å². The first-order chi connectivity index (χ1) is 10.5. The number of rotatable bonds is 8. The average molecular weight is 351 g/mol. The molecule has 0 heterocycles. The molecule has 22 heavy (non-hydrogen) atoms. The molecule has 0 amide bonds. The Hall–Kier alpha value is -0.970. The van der Waals surface area contributed by atoms with Crippen LogP contribution in [-0.2, 0) is 16.0 Å². The zero-order chi connectivity index (χ0) is 17.0. The molecule has 0 bridgehead atoms. The standard InChI is InChI=1S/C12H14Cl2O3.C4H10O/c1-17-10-7-8(6-9(13)12(10)14)4-2-3-5-11(15)16;1-3-5-4-2/h6-7H,2-5H2,1H3,(H,15,16);3-4H2,1-2H3. The maximum Gasteiger partial charge on any atom is 0.303 e. The highest BCUT2D eigenvalue weighted by atomic mass is 35.5. The molecular weight excluding hydrogens is 327 g/mol. The van der Waals surface area contributed by atoms with Crippen LogP contribution >= 0.6 is 23.2 Å². The van der Waals surface area contributed by atoms with E-state index >= 15 is 0 Å². The van der Waals surface area contributed by atoms with Crippen molar-refractivity contribution in [1.29, 1.82) is 0 Å². The molecule has 0 unspecified atom stereocenters. The van der Waals surface area contributed by atoms with E-state index < -0.39 is 5.97 Å². The second-order valence-corrected chi connectivity index (χ2v) is 5.26. The minimum atomic E-state index is -0.767. The van der Waals surface area contributed by atoms with Crippen LogP contribution < -0.4 is 4.74 Å². The molecule has 0 saturated heterocycles. The summed E-state index contributed by atoms with van der Waals surface area (Å²) < 4.78 is 9.93. The number of hydrogen-bond acceptors (Lipinski definition) is 3. The molecule has 1 N–H and O–H groups in total. The summed E-state index contributed by atoms with van der Waals surface area (Å²) in [5.41, 5.74) is 1.00. The van der Waals surface area contributed by atoms with Crippen LogP contribution in [0.5, 0.6) is 5.75 Å². The van der Waals surface area contributed by atoms with Gasteiger partial charge in [0.05, 0.1) is 12.1 Å². The van der Waals surface area contributed by atoms with Crippen molar-refractivity contribution < 1.29 is 19.4 Å². The zero-order valence-electron chi connectivity index (χ0n) is 13.3. The number of aliphatic carboxylic acids is 1. The average Bonchev–Trinajstić information content (AvgIpc) is 2.48. The molecule has 6 heteroatoms. The fraction of sp³-hybridized carbons (Fsp3) is 0.562. The van der Waals surface area contributed by atoms with Gasteiger partial charge in [-0.05, 0) is 50.8 Å². The summed E-state index contributed by atoms with van der Waals surface area (Å²) in [7, 11) is 1.53. The maximum absolute atomic E-state index is 10.4. The third kappa shape index (κ3) is 9.13. The van der Waals surface area contributed by atoms with Gasteiger partial charge in [-0.2, -0.15) is 0 Å². The molecule has 0 fully saturated rings. The minimum Gasteiger partial charge on any atom is -0.495 e. The fourth-order valence-electron chi connectivity index (χ4n) is 1.72. The van der Waals surface area contributed by atoms with Gasteiger partial charge in [-0.25, -0.2) is 0 Å². The van der Waals surface area contributed by atoms with Gasteiger partial charge in [0.25, 0.3) is 0 Å². The molecule has 0 aromatic heterocycles. The Labute approximate surface area is 142 Å². The van der Waals surface area contributed by atoms with Crippen LogP contribution in [0, 0.1) is 0 Å². The van der Waals surface area contributed by atoms with Gasteiger partial charge < -0.3 is 14.6 Å². The van der Waals surface area contributed by atoms with Crippen LogP contribution in [0.4, 0.5) is 0 Å². The molecule has 0 aliphatic carbocycles. The summed E-state index contributed by atoms with van der Waals surface area (Å²) in [6.45, 7) is 5.67. The summed E-state index contributed by atoms with van der Waals surface area (Å²) in [4.78, 5) is 10.4. The lowest BCUT2D eigenvalue weighted by Gasteiger charge is -2.08. The van der Waals surface area contributed by atoms with Crippen LogP contribution in [0.25, 0.3) is 0 Å². The number of carboxylic acid groups (broad SMARTS) is 1. The summed E-state index contributed by atoms with van der Waals surface area (Å²) in [5.74, 6) is -0.218. The Kier molecular flexibility index (Phi) is 12.0. The molecule has 1 rings (SSSR count). The summed E-state index contributed by atoms with van der Waals surface area (Å²) >= 11 is 11.9. The number of methoxy groups -OCH3 is 1. The molecule has 0 atom stereocenters. The molecule has 1 aromatic rings. The van der Waals surface area contributed by atoms with E-state index in [0.717, 1.165) is 31.6 Å². The number of halogens is 2. The van der Waals surface area contributed by atoms with E-state index in [9.17, 15) is 4.79 Å². The van der Waals surface area contributed by atoms with E-state index in [-0.39, 0.29) is 6.42 Å². The van der Waals surface area contributed by atoms with E-state index in [1.807, 2.05) is 19.9 Å². The number of hydrogen-bond donors (Lipinski definition) is 1. The van der Waals surface area contributed by atoms with Crippen LogP contribution in [0.2, 0.25) is 10.0 Å². The second kappa shape index (κ2) is 12.6. The molecular formula is C16H24Cl2O4. The van der Waals surface area contributed by atoms with Crippen molar-refractivity contribution in [2.45, 2.75) is 39.5 Å². The SMILES string of the molecule is CCOCC.COc1cc(CCCCC(=O)O)cc(Cl)c1Cl. The Bertz CT molecular complexity index is 448. The van der Waals surface area contributed by atoms with Gasteiger partial charge >= 0.3 is 5.97 Å². The molecule has 0 aliphatic rings. The van der Waals surface area contributed by atoms with Gasteiger partial charge in [0.2, 0.25) is 0 Å². The predicted molar refractivity (Wildman–Crippen MR) is 90.4 cm³/mol. The molecule has 1 aromatic carbocycles. The summed E-state index contributed by atoms with van der Waals surface area (Å²) in [6.07, 6.45) is 2.41. The second-order valence-electron chi connectivity index (χ2n) is 4.48. The fourth-order valence-corrected chi connectivity index (χ4v) is 2.14. The van der Waals surface area contributed by atoms with Gasteiger partial charge in [0, 0.05) is 19.6 Å². The van der Waals surface area contributed by atoms with Crippen LogP contribution in [0.15, 0.2) is 12.1 Å². The Morgan fingerprint density at radius 3 is 2.27 bits per heavy atom. The van der Waals surface area contributed by atoms with Crippen molar-refractivity contribution in [3.63, 3.8) is 0 Å². The number of unbranched alkanes of at least 4 members (excludes halogenated alkanes) is 1. The molecule has 4 nitrogen and oxygen atoms in total. The first kappa shape index (κ1) is 21.0. The largest absolute Gasteiger partial charge is 0.495 e. The highest BCUT2D eigenvalue weighted by molar-refractivity contribution is 6.43. The number of benzene rings is 1. The summed E-state index contributed by atoms with van der Waals surface area (Å²) in [5, 5.41) is 9.38. The third-order valence-corrected chi connectivity index (χ3v) is 3.57. The number of carbonyl (C=O) groups is 1. The number of ether oxygens (including phenoxy) is 2. The van der Waals surface area contributed by atoms with Crippen molar-refractivity contribution >= 4 is 29.2 Å². The molecule has 0 radical (unpaired) electrons. The predicted octanol–water partition coefficient (Wildman–Crippen LogP) is 4.84. The maximum atomic E-state index is 10.4. The van der Waals surface area contributed by atoms with Crippen molar-refractivity contribution in [2.24, 2.45) is 0 Å². The van der Waals surface area contributed by atoms with Crippen LogP contribution in [0.1, 0.15) is 38.7 Å². The van der Waals surface area contributed by atoms with Gasteiger partial charge in [-0.3, -0.25) is 4.79 Å². The van der Waals surface area contributed by atoms with Gasteiger partial charge in [-0.1, -0.05) is 23.2 Å². The highest BCUT2D eigenvalue weighted by Crippen LogP contribution is 2.33. The number of carboxylic acids is 1. The molecule has 0 saturated carbocycles. The highest BCUT2D eigenvalue weighted by Gasteiger charge is 2.08. The Balaban J connectivity index is 0.000000763. The first-order valence-electron chi connectivity index (χ1n) is 7.27. The van der Waals surface area contributed by atoms with Crippen molar-refractivity contribution in [2.75, 3.05) is 20.3 Å². The lowest BCUT2D eigenvalue weighted by Crippen LogP contribution is -1.95. The smallest absolute Gasteiger partial charge is 0.303 e. The van der Waals surface area contributed by atoms with Crippen molar-refractivity contribution in [3.8, 4) is 5.75 Å². The van der Waals surface area contributed by atoms with Gasteiger partial charge in [0.1, 0.15) is 10.8 Å². The minimum absolute atomic E-state index is 0.193. The van der Waals surface area contributed by atoms with Crippen molar-refractivity contribution in [3.05, 3.63) is 27.7 Å². The lowest BCUT2D eigenvalue weighted by molar-refractivity contribution is -0.137. The van der Waals surface area contributed by atoms with Gasteiger partial charge in [-0.15, -0.1) is 0 Å². The molecule has 126 valence electrons. The lowest BCUT2D eigenvalue weighted by atomic mass is 10.1. The third-order valence-electron chi connectivity index (χ3n) is 2.79. The van der Waals surface area contributed by atoms with E-state index in [4.69, 9.17) is 37.8 Å². The normalized spacial score (nSPS) is 9.86. The topological polar surface area (TPSA) is 55.8 Å². The first-order valence-corrected chi connectivity index (χ1v) is 8.03. The monoisotopic (exact) mass is 350 g/mol. The van der Waals surface area contributed by atoms with Crippen LogP contribution in [-0.4, -0.2) is 31.4 Å². The molecule has 0 spiro atoms. The Morgan fingerprint density at radius 1 is 1.18 bits per heavy atom. The van der Waals surface area contributed by atoms with E-state index in [0.29, 0.717) is 22.2 Å². The zero-order valence-corrected chi connectivity index (χ0v) is 14.8. The Morgan fingerprint density at radius 2 is 1.82 bits per heavy atom. The van der Waals surface area contributed by atoms with Gasteiger partial charge in [0.15, 0.2) is 0 Å². The molecule has 0 aliphatic heterocycles. The number of aryl methyl sites for hydroxylation is 1. The van der Waals surface area contributed by atoms with Crippen molar-refractivity contribution in [1.82, 2.24) is 0 Å². The quantitative estimate of drug-likeness (QED) is 0.681. The van der Waals surface area contributed by atoms with E-state index in [1.54, 1.807) is 6.07 Å². The van der Waals surface area contributed by atoms with Crippen LogP contribution in [0.3, 0.4) is 0 Å².